The molecule has 0 N–H and O–H groups in total. The maximum absolute atomic E-state index is 13.8. The van der Waals surface area contributed by atoms with E-state index in [9.17, 15) is 14.4 Å². The first-order chi connectivity index (χ1) is 18.0. The van der Waals surface area contributed by atoms with Crippen molar-refractivity contribution in [3.63, 3.8) is 0 Å². The number of likely N-dealkylation sites (tertiary alicyclic amines) is 1. The molecule has 194 valence electrons. The van der Waals surface area contributed by atoms with Gasteiger partial charge >= 0.3 is 5.97 Å². The van der Waals surface area contributed by atoms with E-state index in [1.54, 1.807) is 44.5 Å². The van der Waals surface area contributed by atoms with Crippen molar-refractivity contribution >= 4 is 28.6 Å². The Labute approximate surface area is 217 Å². The lowest BCUT2D eigenvalue weighted by atomic mass is 9.76. The van der Waals surface area contributed by atoms with Crippen molar-refractivity contribution in [3.8, 4) is 5.75 Å². The summed E-state index contributed by atoms with van der Waals surface area (Å²) in [6.07, 6.45) is 3.56. The first kappa shape index (κ1) is 26.3. The summed E-state index contributed by atoms with van der Waals surface area (Å²) < 4.78 is 10.7. The quantitative estimate of drug-likeness (QED) is 0.228. The number of piperidine rings is 1. The Balaban J connectivity index is 1.56. The van der Waals surface area contributed by atoms with Gasteiger partial charge in [0.05, 0.1) is 19.2 Å². The van der Waals surface area contributed by atoms with E-state index < -0.39 is 11.9 Å². The van der Waals surface area contributed by atoms with Crippen LogP contribution in [0.25, 0.3) is 10.9 Å². The number of nitrogens with zero attached hydrogens (tertiary/aromatic N) is 2. The van der Waals surface area contributed by atoms with Gasteiger partial charge in [-0.25, -0.2) is 0 Å². The molecule has 37 heavy (non-hydrogen) atoms. The molecule has 7 heteroatoms. The number of aromatic nitrogens is 1. The second-order valence-electron chi connectivity index (χ2n) is 9.48. The number of carbonyl (C=O) groups is 3. The van der Waals surface area contributed by atoms with Crippen LogP contribution in [0.5, 0.6) is 5.75 Å². The zero-order chi connectivity index (χ0) is 26.4. The second-order valence-corrected chi connectivity index (χ2v) is 9.48. The van der Waals surface area contributed by atoms with Gasteiger partial charge in [-0.15, -0.1) is 0 Å². The van der Waals surface area contributed by atoms with Gasteiger partial charge in [0.25, 0.3) is 5.91 Å². The minimum Gasteiger partial charge on any atom is -0.497 e. The lowest BCUT2D eigenvalue weighted by Gasteiger charge is -2.39. The van der Waals surface area contributed by atoms with Gasteiger partial charge in [-0.1, -0.05) is 31.5 Å². The Hall–Kier alpha value is -3.74. The molecule has 1 aliphatic rings. The smallest absolute Gasteiger partial charge is 0.316 e. The van der Waals surface area contributed by atoms with Crippen molar-refractivity contribution in [1.82, 2.24) is 9.88 Å². The number of hydrogen-bond acceptors (Lipinski definition) is 6. The monoisotopic (exact) mass is 502 g/mol. The van der Waals surface area contributed by atoms with Gasteiger partial charge in [0.2, 0.25) is 0 Å². The maximum Gasteiger partial charge on any atom is 0.316 e. The van der Waals surface area contributed by atoms with Crippen LogP contribution in [0.2, 0.25) is 0 Å². The zero-order valence-electron chi connectivity index (χ0n) is 21.7. The minimum atomic E-state index is -0.914. The summed E-state index contributed by atoms with van der Waals surface area (Å²) in [4.78, 5) is 46.2. The molecule has 1 aliphatic heterocycles. The number of ketones is 1. The van der Waals surface area contributed by atoms with E-state index in [0.29, 0.717) is 47.3 Å². The van der Waals surface area contributed by atoms with Gasteiger partial charge in [0, 0.05) is 41.9 Å². The van der Waals surface area contributed by atoms with Crippen molar-refractivity contribution in [1.29, 1.82) is 0 Å². The Kier molecular flexibility index (Phi) is 8.54. The van der Waals surface area contributed by atoms with E-state index in [4.69, 9.17) is 9.47 Å². The molecule has 3 aromatic rings. The summed E-state index contributed by atoms with van der Waals surface area (Å²) in [5.41, 5.74) is 1.76. The van der Waals surface area contributed by atoms with Gasteiger partial charge < -0.3 is 14.4 Å². The average molecular weight is 503 g/mol. The third-order valence-corrected chi connectivity index (χ3v) is 7.37. The van der Waals surface area contributed by atoms with Crippen molar-refractivity contribution < 1.29 is 23.9 Å². The van der Waals surface area contributed by atoms with Gasteiger partial charge in [-0.2, -0.15) is 0 Å². The average Bonchev–Trinajstić information content (AvgIpc) is 2.95. The molecule has 3 unspecified atom stereocenters. The predicted octanol–water partition coefficient (Wildman–Crippen LogP) is 5.18. The largest absolute Gasteiger partial charge is 0.497 e. The van der Waals surface area contributed by atoms with Crippen LogP contribution in [0.15, 0.2) is 60.8 Å². The molecule has 0 saturated carbocycles. The molecule has 4 rings (SSSR count). The molecule has 1 aromatic heterocycles. The fourth-order valence-corrected chi connectivity index (χ4v) is 5.31. The number of methoxy groups -OCH3 is 1. The Morgan fingerprint density at radius 1 is 1.05 bits per heavy atom. The van der Waals surface area contributed by atoms with E-state index in [0.717, 1.165) is 12.8 Å². The van der Waals surface area contributed by atoms with Crippen LogP contribution >= 0.6 is 0 Å². The highest BCUT2D eigenvalue weighted by Gasteiger charge is 2.38. The number of ether oxygens (including phenoxy) is 2. The van der Waals surface area contributed by atoms with Gasteiger partial charge in [0.1, 0.15) is 11.7 Å². The van der Waals surface area contributed by atoms with Crippen LogP contribution < -0.4 is 4.74 Å². The lowest BCUT2D eigenvalue weighted by Crippen LogP contribution is -2.45. The van der Waals surface area contributed by atoms with E-state index in [2.05, 4.69) is 11.9 Å². The van der Waals surface area contributed by atoms with Crippen LogP contribution in [0.3, 0.4) is 0 Å². The Morgan fingerprint density at radius 3 is 2.54 bits per heavy atom. The number of hydrogen-bond donors (Lipinski definition) is 0. The van der Waals surface area contributed by atoms with Crippen molar-refractivity contribution in [3.05, 3.63) is 71.9 Å². The number of esters is 1. The zero-order valence-corrected chi connectivity index (χ0v) is 21.7. The summed E-state index contributed by atoms with van der Waals surface area (Å²) in [6, 6.07) is 16.3. The van der Waals surface area contributed by atoms with E-state index in [-0.39, 0.29) is 30.1 Å². The maximum atomic E-state index is 13.8. The molecule has 7 nitrogen and oxygen atoms in total. The Bertz CT molecular complexity index is 1260. The van der Waals surface area contributed by atoms with Crippen LogP contribution in [-0.4, -0.2) is 54.3 Å². The molecule has 0 spiro atoms. The molecule has 1 fully saturated rings. The number of fused-ring (bicyclic) bond motifs is 1. The summed E-state index contributed by atoms with van der Waals surface area (Å²) >= 11 is 0. The van der Waals surface area contributed by atoms with Crippen LogP contribution in [0.1, 0.15) is 53.8 Å². The van der Waals surface area contributed by atoms with E-state index >= 15 is 0 Å². The highest BCUT2D eigenvalue weighted by molar-refractivity contribution is 6.14. The molecule has 0 radical (unpaired) electrons. The minimum absolute atomic E-state index is 0.0224. The van der Waals surface area contributed by atoms with Crippen molar-refractivity contribution in [2.75, 3.05) is 26.8 Å². The third-order valence-electron chi connectivity index (χ3n) is 7.37. The molecule has 1 saturated heterocycles. The highest BCUT2D eigenvalue weighted by Crippen LogP contribution is 2.34. The highest BCUT2D eigenvalue weighted by atomic mass is 16.5. The summed E-state index contributed by atoms with van der Waals surface area (Å²) in [6.45, 7) is 5.25. The number of Topliss-reactive ketones (excluding diaryl/α,β-unsaturated/α-hetero) is 1. The van der Waals surface area contributed by atoms with Crippen LogP contribution in [0, 0.1) is 17.8 Å². The predicted molar refractivity (Wildman–Crippen MR) is 142 cm³/mol. The third kappa shape index (κ3) is 5.82. The van der Waals surface area contributed by atoms with Gasteiger partial charge in [-0.05, 0) is 61.9 Å². The summed E-state index contributed by atoms with van der Waals surface area (Å²) in [5, 5.41) is 0.679. The van der Waals surface area contributed by atoms with Gasteiger partial charge in [0.15, 0.2) is 5.78 Å². The summed E-state index contributed by atoms with van der Waals surface area (Å²) in [7, 11) is 1.58. The first-order valence-corrected chi connectivity index (χ1v) is 12.9. The van der Waals surface area contributed by atoms with E-state index in [1.165, 1.54) is 0 Å². The Morgan fingerprint density at radius 2 is 1.84 bits per heavy atom. The fourth-order valence-electron chi connectivity index (χ4n) is 5.31. The van der Waals surface area contributed by atoms with Crippen molar-refractivity contribution in [2.45, 2.75) is 33.1 Å². The normalized spacial score (nSPS) is 18.3. The molecular weight excluding hydrogens is 468 g/mol. The van der Waals surface area contributed by atoms with Crippen molar-refractivity contribution in [2.24, 2.45) is 17.8 Å². The second kappa shape index (κ2) is 12.0. The molecular formula is C30H34N2O5. The van der Waals surface area contributed by atoms with Gasteiger partial charge in [-0.3, -0.25) is 19.4 Å². The summed E-state index contributed by atoms with van der Waals surface area (Å²) in [5.74, 6) is -0.690. The molecule has 2 heterocycles. The molecule has 0 aliphatic carbocycles. The number of carbonyl (C=O) groups excluding carboxylic acids is 3. The number of amides is 1. The first-order valence-electron chi connectivity index (χ1n) is 12.9. The number of rotatable bonds is 9. The molecule has 3 atom stereocenters. The molecule has 1 amide bonds. The number of benzene rings is 2. The molecule has 0 bridgehead atoms. The topological polar surface area (TPSA) is 85.8 Å². The SMILES string of the molecule is CCOC(=O)C(CC1CCN(C(=O)c2ccccc2)CC1CC)C(=O)c1ccnc2cc(OC)ccc12. The van der Waals surface area contributed by atoms with E-state index in [1.807, 2.05) is 35.2 Å². The fraction of sp³-hybridized carbons (Fsp3) is 0.400. The standard InChI is InChI=1S/C30H34N2O5/c1-4-20-19-32(29(34)21-9-7-6-8-10-21)16-14-22(20)17-26(30(35)37-5-2)28(33)25-13-15-31-27-18-23(36-3)11-12-24(25)27/h6-13,15,18,20,22,26H,4-5,14,16-17,19H2,1-3H3. The lowest BCUT2D eigenvalue weighted by molar-refractivity contribution is -0.147. The molecule has 2 aromatic carbocycles. The van der Waals surface area contributed by atoms with Crippen LogP contribution in [0.4, 0.5) is 0 Å². The number of pyridine rings is 1. The van der Waals surface area contributed by atoms with Crippen LogP contribution in [-0.2, 0) is 9.53 Å².